The SMILES string of the molecule is CCCCCCCCCCCCCCC(=O)N[C@@H](Cc1cnc[nH]1)C(=O)O. The fourth-order valence-electron chi connectivity index (χ4n) is 3.21. The summed E-state index contributed by atoms with van der Waals surface area (Å²) in [5, 5.41) is 11.9. The van der Waals surface area contributed by atoms with Crippen LogP contribution in [0.25, 0.3) is 0 Å². The molecule has 0 aromatic carbocycles. The van der Waals surface area contributed by atoms with Crippen molar-refractivity contribution in [2.45, 2.75) is 103 Å². The van der Waals surface area contributed by atoms with Crippen molar-refractivity contribution < 1.29 is 14.7 Å². The molecule has 6 nitrogen and oxygen atoms in total. The summed E-state index contributed by atoms with van der Waals surface area (Å²) in [5.41, 5.74) is 0.702. The highest BCUT2D eigenvalue weighted by molar-refractivity contribution is 5.83. The number of H-pyrrole nitrogens is 1. The molecule has 0 spiro atoms. The number of nitrogens with zero attached hydrogens (tertiary/aromatic N) is 1. The minimum absolute atomic E-state index is 0.186. The summed E-state index contributed by atoms with van der Waals surface area (Å²) < 4.78 is 0. The van der Waals surface area contributed by atoms with Gasteiger partial charge in [0.1, 0.15) is 6.04 Å². The third kappa shape index (κ3) is 12.2. The molecule has 0 saturated heterocycles. The highest BCUT2D eigenvalue weighted by atomic mass is 16.4. The number of hydrogen-bond donors (Lipinski definition) is 3. The van der Waals surface area contributed by atoms with Crippen LogP contribution in [-0.4, -0.2) is 33.0 Å². The third-order valence-corrected chi connectivity index (χ3v) is 4.87. The van der Waals surface area contributed by atoms with Crippen LogP contribution in [0, 0.1) is 0 Å². The van der Waals surface area contributed by atoms with Crippen molar-refractivity contribution in [2.24, 2.45) is 0 Å². The molecular formula is C21H37N3O3. The molecular weight excluding hydrogens is 342 g/mol. The molecule has 0 radical (unpaired) electrons. The number of imidazole rings is 1. The molecule has 1 heterocycles. The van der Waals surface area contributed by atoms with Crippen LogP contribution in [0.1, 0.15) is 96.1 Å². The van der Waals surface area contributed by atoms with Crippen molar-refractivity contribution in [1.29, 1.82) is 0 Å². The summed E-state index contributed by atoms with van der Waals surface area (Å²) in [5.74, 6) is -1.21. The Hall–Kier alpha value is -1.85. The number of aromatic amines is 1. The number of amides is 1. The second-order valence-electron chi connectivity index (χ2n) is 7.38. The minimum Gasteiger partial charge on any atom is -0.480 e. The zero-order chi connectivity index (χ0) is 19.7. The number of carbonyl (C=O) groups excluding carboxylic acids is 1. The zero-order valence-corrected chi connectivity index (χ0v) is 16.8. The quantitative estimate of drug-likeness (QED) is 0.344. The number of rotatable bonds is 17. The average molecular weight is 380 g/mol. The van der Waals surface area contributed by atoms with Gasteiger partial charge in [0.15, 0.2) is 0 Å². The van der Waals surface area contributed by atoms with Crippen molar-refractivity contribution >= 4 is 11.9 Å². The summed E-state index contributed by atoms with van der Waals surface area (Å²) in [6.45, 7) is 2.25. The Morgan fingerprint density at radius 2 is 1.56 bits per heavy atom. The molecule has 0 unspecified atom stereocenters. The molecule has 6 heteroatoms. The van der Waals surface area contributed by atoms with E-state index in [-0.39, 0.29) is 12.3 Å². The Kier molecular flexibility index (Phi) is 13.1. The molecule has 27 heavy (non-hydrogen) atoms. The van der Waals surface area contributed by atoms with E-state index in [1.54, 1.807) is 6.20 Å². The predicted molar refractivity (Wildman–Crippen MR) is 108 cm³/mol. The lowest BCUT2D eigenvalue weighted by atomic mass is 10.0. The fraction of sp³-hybridized carbons (Fsp3) is 0.762. The highest BCUT2D eigenvalue weighted by Gasteiger charge is 2.20. The third-order valence-electron chi connectivity index (χ3n) is 4.87. The van der Waals surface area contributed by atoms with Gasteiger partial charge in [0.05, 0.1) is 6.33 Å². The molecule has 0 bridgehead atoms. The van der Waals surface area contributed by atoms with Gasteiger partial charge < -0.3 is 15.4 Å². The van der Waals surface area contributed by atoms with Gasteiger partial charge in [-0.2, -0.15) is 0 Å². The summed E-state index contributed by atoms with van der Waals surface area (Å²) in [7, 11) is 0. The fourth-order valence-corrected chi connectivity index (χ4v) is 3.21. The molecule has 0 aliphatic heterocycles. The predicted octanol–water partition coefficient (Wildman–Crippen LogP) is 4.61. The van der Waals surface area contributed by atoms with Crippen molar-refractivity contribution in [3.63, 3.8) is 0 Å². The van der Waals surface area contributed by atoms with Gasteiger partial charge in [0, 0.05) is 24.7 Å². The molecule has 1 aromatic rings. The van der Waals surface area contributed by atoms with E-state index >= 15 is 0 Å². The molecule has 154 valence electrons. The Morgan fingerprint density at radius 3 is 2.04 bits per heavy atom. The molecule has 3 N–H and O–H groups in total. The summed E-state index contributed by atoms with van der Waals surface area (Å²) >= 11 is 0. The van der Waals surface area contributed by atoms with E-state index in [1.807, 2.05) is 0 Å². The Labute approximate surface area is 163 Å². The molecule has 1 atom stereocenters. The normalized spacial score (nSPS) is 12.0. The molecule has 1 rings (SSSR count). The van der Waals surface area contributed by atoms with E-state index in [2.05, 4.69) is 22.2 Å². The monoisotopic (exact) mass is 379 g/mol. The topological polar surface area (TPSA) is 95.1 Å². The minimum atomic E-state index is -1.02. The Bertz CT molecular complexity index is 503. The zero-order valence-electron chi connectivity index (χ0n) is 16.8. The maximum absolute atomic E-state index is 12.0. The van der Waals surface area contributed by atoms with Gasteiger partial charge in [-0.25, -0.2) is 9.78 Å². The largest absolute Gasteiger partial charge is 0.480 e. The van der Waals surface area contributed by atoms with E-state index in [9.17, 15) is 14.7 Å². The molecule has 0 saturated carbocycles. The van der Waals surface area contributed by atoms with Gasteiger partial charge in [-0.1, -0.05) is 77.6 Å². The summed E-state index contributed by atoms with van der Waals surface area (Å²) in [6.07, 6.45) is 18.7. The van der Waals surface area contributed by atoms with Crippen molar-refractivity contribution in [3.05, 3.63) is 18.2 Å². The molecule has 0 fully saturated rings. The second-order valence-corrected chi connectivity index (χ2v) is 7.38. The molecule has 0 aliphatic rings. The van der Waals surface area contributed by atoms with Crippen molar-refractivity contribution in [2.75, 3.05) is 0 Å². The maximum atomic E-state index is 12.0. The maximum Gasteiger partial charge on any atom is 0.326 e. The van der Waals surface area contributed by atoms with Crippen LogP contribution < -0.4 is 5.32 Å². The first-order chi connectivity index (χ1) is 13.1. The van der Waals surface area contributed by atoms with Crippen molar-refractivity contribution in [1.82, 2.24) is 15.3 Å². The van der Waals surface area contributed by atoms with Gasteiger partial charge in [-0.15, -0.1) is 0 Å². The van der Waals surface area contributed by atoms with Crippen LogP contribution >= 0.6 is 0 Å². The van der Waals surface area contributed by atoms with E-state index in [0.29, 0.717) is 12.1 Å². The lowest BCUT2D eigenvalue weighted by Crippen LogP contribution is -2.42. The number of carbonyl (C=O) groups is 2. The number of hydrogen-bond acceptors (Lipinski definition) is 3. The number of carboxylic acids is 1. The van der Waals surface area contributed by atoms with Crippen LogP contribution in [0.4, 0.5) is 0 Å². The van der Waals surface area contributed by atoms with Crippen LogP contribution in [0.15, 0.2) is 12.5 Å². The lowest BCUT2D eigenvalue weighted by Gasteiger charge is -2.13. The highest BCUT2D eigenvalue weighted by Crippen LogP contribution is 2.12. The second kappa shape index (κ2) is 15.2. The smallest absolute Gasteiger partial charge is 0.326 e. The number of aliphatic carboxylic acids is 1. The van der Waals surface area contributed by atoms with Gasteiger partial charge in [-0.3, -0.25) is 4.79 Å². The van der Waals surface area contributed by atoms with Gasteiger partial charge in [-0.05, 0) is 6.42 Å². The van der Waals surface area contributed by atoms with Crippen LogP contribution in [0.5, 0.6) is 0 Å². The van der Waals surface area contributed by atoms with Gasteiger partial charge in [0.25, 0.3) is 0 Å². The molecule has 1 aromatic heterocycles. The van der Waals surface area contributed by atoms with E-state index in [0.717, 1.165) is 19.3 Å². The number of nitrogens with one attached hydrogen (secondary N) is 2. The lowest BCUT2D eigenvalue weighted by molar-refractivity contribution is -0.141. The molecule has 0 aliphatic carbocycles. The van der Waals surface area contributed by atoms with E-state index in [1.165, 1.54) is 64.1 Å². The first kappa shape index (κ1) is 23.2. The Balaban J connectivity index is 1.99. The van der Waals surface area contributed by atoms with Crippen LogP contribution in [0.3, 0.4) is 0 Å². The Morgan fingerprint density at radius 1 is 1.00 bits per heavy atom. The average Bonchev–Trinajstić information content (AvgIpc) is 3.15. The standard InChI is InChI=1S/C21H37N3O3/c1-2-3-4-5-6-7-8-9-10-11-12-13-14-20(25)24-19(21(26)27)15-18-16-22-17-23-18/h16-17,19H,2-15H2,1H3,(H,22,23)(H,24,25)(H,26,27)/t19-/m0/s1. The van der Waals surface area contributed by atoms with Gasteiger partial charge in [0.2, 0.25) is 5.91 Å². The number of carboxylic acid groups (broad SMARTS) is 1. The number of aromatic nitrogens is 2. The van der Waals surface area contributed by atoms with Gasteiger partial charge >= 0.3 is 5.97 Å². The summed E-state index contributed by atoms with van der Waals surface area (Å²) in [4.78, 5) is 30.0. The van der Waals surface area contributed by atoms with Crippen LogP contribution in [-0.2, 0) is 16.0 Å². The first-order valence-corrected chi connectivity index (χ1v) is 10.6. The first-order valence-electron chi connectivity index (χ1n) is 10.6. The van der Waals surface area contributed by atoms with Crippen LogP contribution in [0.2, 0.25) is 0 Å². The number of unbranched alkanes of at least 4 members (excludes halogenated alkanes) is 11. The van der Waals surface area contributed by atoms with E-state index < -0.39 is 12.0 Å². The van der Waals surface area contributed by atoms with Crippen molar-refractivity contribution in [3.8, 4) is 0 Å². The summed E-state index contributed by atoms with van der Waals surface area (Å²) in [6, 6.07) is -0.907. The molecule has 1 amide bonds. The van der Waals surface area contributed by atoms with E-state index in [4.69, 9.17) is 0 Å².